The van der Waals surface area contributed by atoms with Gasteiger partial charge in [-0.25, -0.2) is 8.78 Å². The van der Waals surface area contributed by atoms with E-state index in [1.807, 2.05) is 26.9 Å². The van der Waals surface area contributed by atoms with Crippen LogP contribution in [-0.4, -0.2) is 62.6 Å². The molecule has 1 saturated heterocycles. The molecule has 2 rings (SSSR count). The summed E-state index contributed by atoms with van der Waals surface area (Å²) in [6.07, 6.45) is 9.76. The van der Waals surface area contributed by atoms with E-state index in [4.69, 9.17) is 18.6 Å². The molecule has 43 heavy (non-hydrogen) atoms. The highest BCUT2D eigenvalue weighted by atomic mass is 28.4. The Labute approximate surface area is 261 Å². The highest BCUT2D eigenvalue weighted by molar-refractivity contribution is 6.74. The van der Waals surface area contributed by atoms with Gasteiger partial charge in [0.2, 0.25) is 0 Å². The first-order valence-electron chi connectivity index (χ1n) is 16.9. The second-order valence-corrected chi connectivity index (χ2v) is 19.3. The van der Waals surface area contributed by atoms with Gasteiger partial charge in [0.05, 0.1) is 18.3 Å². The second kappa shape index (κ2) is 17.7. The van der Waals surface area contributed by atoms with Crippen molar-refractivity contribution in [3.63, 3.8) is 0 Å². The van der Waals surface area contributed by atoms with Crippen molar-refractivity contribution < 1.29 is 37.3 Å². The Morgan fingerprint density at radius 1 is 1.12 bits per heavy atom. The Kier molecular flexibility index (Phi) is 15.8. The van der Waals surface area contributed by atoms with Crippen molar-refractivity contribution >= 4 is 14.3 Å². The molecule has 252 valence electrons. The molecule has 0 bridgehead atoms. The van der Waals surface area contributed by atoms with Crippen LogP contribution in [0.3, 0.4) is 0 Å². The molecular formula is C34H62F2O6Si. The van der Waals surface area contributed by atoms with Crippen molar-refractivity contribution in [3.8, 4) is 0 Å². The molecule has 0 aromatic carbocycles. The Morgan fingerprint density at radius 3 is 2.44 bits per heavy atom. The van der Waals surface area contributed by atoms with Crippen molar-refractivity contribution in [1.82, 2.24) is 0 Å². The van der Waals surface area contributed by atoms with E-state index in [9.17, 15) is 9.90 Å². The van der Waals surface area contributed by atoms with E-state index in [0.29, 0.717) is 51.6 Å². The van der Waals surface area contributed by atoms with Gasteiger partial charge in [-0.15, -0.1) is 0 Å². The number of ether oxygens (including phenoxy) is 3. The molecule has 2 fully saturated rings. The molecular weight excluding hydrogens is 570 g/mol. The maximum absolute atomic E-state index is 15.4. The van der Waals surface area contributed by atoms with E-state index in [1.165, 1.54) is 0 Å². The van der Waals surface area contributed by atoms with Crippen molar-refractivity contribution in [2.45, 2.75) is 180 Å². The van der Waals surface area contributed by atoms with Gasteiger partial charge in [0.1, 0.15) is 6.10 Å². The normalized spacial score (nSPS) is 26.4. The van der Waals surface area contributed by atoms with Gasteiger partial charge in [-0.1, -0.05) is 52.7 Å². The van der Waals surface area contributed by atoms with Gasteiger partial charge >= 0.3 is 5.97 Å². The first-order chi connectivity index (χ1) is 20.1. The van der Waals surface area contributed by atoms with E-state index in [1.54, 1.807) is 6.92 Å². The molecule has 0 radical (unpaired) electrons. The summed E-state index contributed by atoms with van der Waals surface area (Å²) in [6, 6.07) is 0. The average Bonchev–Trinajstić information content (AvgIpc) is 3.18. The summed E-state index contributed by atoms with van der Waals surface area (Å²) in [5.41, 5.74) is 0. The van der Waals surface area contributed by atoms with E-state index < -0.39 is 26.4 Å². The van der Waals surface area contributed by atoms with Gasteiger partial charge in [0.15, 0.2) is 14.6 Å². The maximum atomic E-state index is 15.4. The topological polar surface area (TPSA) is 74.2 Å². The highest BCUT2D eigenvalue weighted by Crippen LogP contribution is 2.44. The molecule has 1 aliphatic heterocycles. The van der Waals surface area contributed by atoms with Crippen molar-refractivity contribution in [2.24, 2.45) is 11.8 Å². The molecule has 0 aromatic rings. The van der Waals surface area contributed by atoms with Crippen LogP contribution in [0.15, 0.2) is 12.2 Å². The molecule has 2 unspecified atom stereocenters. The van der Waals surface area contributed by atoms with Gasteiger partial charge in [0.25, 0.3) is 5.92 Å². The molecule has 6 atom stereocenters. The zero-order valence-electron chi connectivity index (χ0n) is 28.3. The highest BCUT2D eigenvalue weighted by Gasteiger charge is 2.47. The largest absolute Gasteiger partial charge is 0.463 e. The fourth-order valence-electron chi connectivity index (χ4n) is 6.03. The molecule has 0 aromatic heterocycles. The van der Waals surface area contributed by atoms with Crippen LogP contribution in [0.25, 0.3) is 0 Å². The fraction of sp³-hybridized carbons (Fsp3) is 0.912. The summed E-state index contributed by atoms with van der Waals surface area (Å²) >= 11 is 0. The zero-order valence-corrected chi connectivity index (χ0v) is 29.3. The number of alkyl halides is 2. The molecule has 1 N–H and O–H groups in total. The number of carbonyl (C=O) groups is 1. The van der Waals surface area contributed by atoms with Crippen molar-refractivity contribution in [3.05, 3.63) is 12.2 Å². The molecule has 6 nitrogen and oxygen atoms in total. The molecule has 1 saturated carbocycles. The van der Waals surface area contributed by atoms with Crippen LogP contribution in [0.2, 0.25) is 18.1 Å². The average molecular weight is 633 g/mol. The van der Waals surface area contributed by atoms with Crippen LogP contribution in [0.1, 0.15) is 125 Å². The number of aliphatic hydroxyl groups is 1. The summed E-state index contributed by atoms with van der Waals surface area (Å²) in [4.78, 5) is 11.8. The van der Waals surface area contributed by atoms with Crippen LogP contribution < -0.4 is 0 Å². The van der Waals surface area contributed by atoms with E-state index in [0.717, 1.165) is 25.7 Å². The SMILES string of the molecule is CCCC(F)(F)C(CCC[C@@H]1[C@@H](C/C=C\CCCC(=O)OC(C)C)[C@@H](O)C[C@H]1OC1CCCCO1)O[Si](C)(C)C(C)(C)C. The summed E-state index contributed by atoms with van der Waals surface area (Å²) < 4.78 is 54.6. The van der Waals surface area contributed by atoms with Gasteiger partial charge in [-0.3, -0.25) is 4.79 Å². The van der Waals surface area contributed by atoms with Crippen molar-refractivity contribution in [2.75, 3.05) is 6.61 Å². The summed E-state index contributed by atoms with van der Waals surface area (Å²) in [5.74, 6) is -3.04. The summed E-state index contributed by atoms with van der Waals surface area (Å²) in [6.45, 7) is 16.5. The number of carbonyl (C=O) groups excluding carboxylic acids is 1. The molecule has 2 aliphatic rings. The van der Waals surface area contributed by atoms with Crippen molar-refractivity contribution in [1.29, 1.82) is 0 Å². The third-order valence-electron chi connectivity index (χ3n) is 9.45. The Hall–Kier alpha value is -0.873. The number of hydrogen-bond acceptors (Lipinski definition) is 6. The first-order valence-corrected chi connectivity index (χ1v) is 19.8. The number of hydrogen-bond donors (Lipinski definition) is 1. The monoisotopic (exact) mass is 632 g/mol. The van der Waals surface area contributed by atoms with Crippen LogP contribution in [-0.2, 0) is 23.4 Å². The number of aliphatic hydroxyl groups excluding tert-OH is 1. The van der Waals surface area contributed by atoms with Crippen LogP contribution >= 0.6 is 0 Å². The number of allylic oxidation sites excluding steroid dienone is 2. The van der Waals surface area contributed by atoms with Crippen LogP contribution in [0.4, 0.5) is 8.78 Å². The second-order valence-electron chi connectivity index (χ2n) is 14.5. The minimum atomic E-state index is -2.88. The van der Waals surface area contributed by atoms with Crippen LogP contribution in [0.5, 0.6) is 0 Å². The Balaban J connectivity index is 2.08. The standard InChI is InChI=1S/C34H62F2O6Si/c1-9-22-34(35,36)30(42-43(7,8)33(4,5)6)19-16-18-27-26(17-12-10-11-13-20-31(38)40-25(2)3)28(37)24-29(27)41-32-21-14-15-23-39-32/h10,12,25-30,32,37H,9,11,13-24H2,1-8H3/b12-10-/t26-,27-,28+,29-,30?,32?/m1/s1. The lowest BCUT2D eigenvalue weighted by Gasteiger charge is -2.41. The minimum absolute atomic E-state index is 0.0216. The van der Waals surface area contributed by atoms with Gasteiger partial charge in [-0.05, 0) is 95.2 Å². The molecule has 0 spiro atoms. The maximum Gasteiger partial charge on any atom is 0.306 e. The lowest BCUT2D eigenvalue weighted by atomic mass is 9.85. The Bertz CT molecular complexity index is 837. The summed E-state index contributed by atoms with van der Waals surface area (Å²) in [5, 5.41) is 11.0. The quantitative estimate of drug-likeness (QED) is 0.0704. The third kappa shape index (κ3) is 12.8. The number of rotatable bonds is 18. The van der Waals surface area contributed by atoms with Gasteiger partial charge in [-0.2, -0.15) is 0 Å². The van der Waals surface area contributed by atoms with E-state index >= 15 is 8.78 Å². The third-order valence-corrected chi connectivity index (χ3v) is 13.9. The Morgan fingerprint density at radius 2 is 1.84 bits per heavy atom. The predicted octanol–water partition coefficient (Wildman–Crippen LogP) is 8.96. The lowest BCUT2D eigenvalue weighted by molar-refractivity contribution is -0.196. The minimum Gasteiger partial charge on any atom is -0.463 e. The molecule has 9 heteroatoms. The predicted molar refractivity (Wildman–Crippen MR) is 171 cm³/mol. The molecule has 1 aliphatic carbocycles. The zero-order chi connectivity index (χ0) is 32.3. The summed E-state index contributed by atoms with van der Waals surface area (Å²) in [7, 11) is -2.40. The number of halogens is 2. The first kappa shape index (κ1) is 38.3. The lowest BCUT2D eigenvalue weighted by Crippen LogP contribution is -2.49. The smallest absolute Gasteiger partial charge is 0.306 e. The molecule has 1 heterocycles. The number of esters is 1. The number of unbranched alkanes of at least 4 members (excludes halogenated alkanes) is 1. The van der Waals surface area contributed by atoms with E-state index in [-0.39, 0.29) is 54.2 Å². The van der Waals surface area contributed by atoms with Gasteiger partial charge < -0.3 is 23.7 Å². The van der Waals surface area contributed by atoms with Gasteiger partial charge in [0, 0.05) is 25.9 Å². The fourth-order valence-corrected chi connectivity index (χ4v) is 7.38. The molecule has 0 amide bonds. The van der Waals surface area contributed by atoms with Crippen LogP contribution in [0, 0.1) is 11.8 Å². The van der Waals surface area contributed by atoms with E-state index in [2.05, 4.69) is 32.9 Å².